The van der Waals surface area contributed by atoms with Gasteiger partial charge in [-0.15, -0.1) is 0 Å². The normalized spacial score (nSPS) is 14.2. The molecule has 1 aromatic heterocycles. The fourth-order valence-electron chi connectivity index (χ4n) is 2.60. The summed E-state index contributed by atoms with van der Waals surface area (Å²) >= 11 is 0. The maximum absolute atomic E-state index is 5.61. The van der Waals surface area contributed by atoms with Crippen molar-refractivity contribution in [3.63, 3.8) is 0 Å². The maximum Gasteiger partial charge on any atom is 0.227 e. The molecule has 0 aliphatic carbocycles. The number of para-hydroxylation sites is 1. The molecule has 0 saturated carbocycles. The highest BCUT2D eigenvalue weighted by Gasteiger charge is 2.20. The van der Waals surface area contributed by atoms with Crippen molar-refractivity contribution in [2.75, 3.05) is 12.1 Å². The van der Waals surface area contributed by atoms with E-state index in [0.29, 0.717) is 12.6 Å². The van der Waals surface area contributed by atoms with Crippen LogP contribution in [0.4, 0.5) is 11.6 Å². The molecule has 1 aromatic carbocycles. The molecule has 3 rings (SSSR count). The van der Waals surface area contributed by atoms with E-state index >= 15 is 0 Å². The molecule has 0 radical (unpaired) electrons. The van der Waals surface area contributed by atoms with Crippen molar-refractivity contribution in [3.8, 4) is 5.75 Å². The summed E-state index contributed by atoms with van der Waals surface area (Å²) in [4.78, 5) is 9.07. The van der Waals surface area contributed by atoms with Crippen LogP contribution >= 0.6 is 0 Å². The van der Waals surface area contributed by atoms with Crippen molar-refractivity contribution in [2.24, 2.45) is 0 Å². The van der Waals surface area contributed by atoms with Gasteiger partial charge in [0, 0.05) is 17.2 Å². The van der Waals surface area contributed by atoms with Gasteiger partial charge in [0.2, 0.25) is 5.95 Å². The zero-order chi connectivity index (χ0) is 15.7. The molecule has 0 atom stereocenters. The number of nitrogens with one attached hydrogen (secondary N) is 1. The van der Waals surface area contributed by atoms with E-state index in [2.05, 4.69) is 36.1 Å². The number of anilines is 2. The van der Waals surface area contributed by atoms with Crippen LogP contribution in [-0.2, 0) is 16.8 Å². The predicted octanol–water partition coefficient (Wildman–Crippen LogP) is 3.69. The highest BCUT2D eigenvalue weighted by Crippen LogP contribution is 2.34. The molecule has 5 nitrogen and oxygen atoms in total. The summed E-state index contributed by atoms with van der Waals surface area (Å²) in [6, 6.07) is 5.93. The van der Waals surface area contributed by atoms with Crippen LogP contribution < -0.4 is 10.1 Å². The van der Waals surface area contributed by atoms with Gasteiger partial charge in [-0.25, -0.2) is 9.97 Å². The van der Waals surface area contributed by atoms with Crippen LogP contribution in [0, 0.1) is 6.92 Å². The smallest absolute Gasteiger partial charge is 0.227 e. The summed E-state index contributed by atoms with van der Waals surface area (Å²) in [6.45, 7) is 9.32. The van der Waals surface area contributed by atoms with Crippen molar-refractivity contribution >= 4 is 11.6 Å². The van der Waals surface area contributed by atoms with Gasteiger partial charge in [-0.05, 0) is 18.6 Å². The number of ether oxygens (including phenoxy) is 2. The molecule has 0 amide bonds. The molecule has 1 aliphatic rings. The monoisotopic (exact) mass is 299 g/mol. The third-order valence-electron chi connectivity index (χ3n) is 3.57. The van der Waals surface area contributed by atoms with Gasteiger partial charge in [0.05, 0.1) is 18.0 Å². The van der Waals surface area contributed by atoms with E-state index < -0.39 is 0 Å². The second kappa shape index (κ2) is 5.57. The Morgan fingerprint density at radius 2 is 2.05 bits per heavy atom. The third kappa shape index (κ3) is 2.90. The number of fused-ring (bicyclic) bond motifs is 1. The van der Waals surface area contributed by atoms with Gasteiger partial charge in [-0.3, -0.25) is 0 Å². The van der Waals surface area contributed by atoms with E-state index in [-0.39, 0.29) is 12.2 Å². The zero-order valence-corrected chi connectivity index (χ0v) is 13.4. The Balaban J connectivity index is 1.94. The minimum Gasteiger partial charge on any atom is -0.465 e. The summed E-state index contributed by atoms with van der Waals surface area (Å²) < 4.78 is 10.9. The number of hydrogen-bond acceptors (Lipinski definition) is 5. The van der Waals surface area contributed by atoms with E-state index in [1.54, 1.807) is 0 Å². The molecule has 116 valence electrons. The molecule has 0 bridgehead atoms. The lowest BCUT2D eigenvalue weighted by Gasteiger charge is -2.22. The Morgan fingerprint density at radius 3 is 2.82 bits per heavy atom. The second-order valence-electron chi connectivity index (χ2n) is 6.50. The van der Waals surface area contributed by atoms with Gasteiger partial charge in [-0.1, -0.05) is 32.9 Å². The summed E-state index contributed by atoms with van der Waals surface area (Å²) in [6.07, 6.45) is 1.86. The van der Waals surface area contributed by atoms with Crippen molar-refractivity contribution in [3.05, 3.63) is 41.2 Å². The van der Waals surface area contributed by atoms with Gasteiger partial charge >= 0.3 is 0 Å². The standard InChI is InChI=1S/C17H21N3O2/c1-11-8-18-16(20-15(11)17(2,3)4)19-13-7-5-6-12-9-21-10-22-14(12)13/h5-8H,9-10H2,1-4H3,(H,18,19,20). The molecule has 0 fully saturated rings. The van der Waals surface area contributed by atoms with Gasteiger partial charge in [0.25, 0.3) is 0 Å². The number of hydrogen-bond donors (Lipinski definition) is 1. The molecule has 2 aromatic rings. The van der Waals surface area contributed by atoms with Gasteiger partial charge in [-0.2, -0.15) is 0 Å². The lowest BCUT2D eigenvalue weighted by Crippen LogP contribution is -2.17. The van der Waals surface area contributed by atoms with E-state index in [9.17, 15) is 0 Å². The number of nitrogens with zero attached hydrogens (tertiary/aromatic N) is 2. The number of aryl methyl sites for hydroxylation is 1. The first-order valence-corrected chi connectivity index (χ1v) is 7.39. The van der Waals surface area contributed by atoms with E-state index in [1.165, 1.54) is 0 Å². The lowest BCUT2D eigenvalue weighted by atomic mass is 9.89. The molecule has 0 unspecified atom stereocenters. The molecule has 22 heavy (non-hydrogen) atoms. The Morgan fingerprint density at radius 1 is 1.23 bits per heavy atom. The van der Waals surface area contributed by atoms with Crippen LogP contribution in [0.3, 0.4) is 0 Å². The Hall–Kier alpha value is -2.14. The first-order valence-electron chi connectivity index (χ1n) is 7.39. The summed E-state index contributed by atoms with van der Waals surface area (Å²) in [7, 11) is 0. The van der Waals surface area contributed by atoms with Gasteiger partial charge < -0.3 is 14.8 Å². The quantitative estimate of drug-likeness (QED) is 0.916. The highest BCUT2D eigenvalue weighted by molar-refractivity contribution is 5.65. The topological polar surface area (TPSA) is 56.3 Å². The second-order valence-corrected chi connectivity index (χ2v) is 6.50. The number of rotatable bonds is 2. The Bertz CT molecular complexity index is 693. The predicted molar refractivity (Wildman–Crippen MR) is 85.5 cm³/mol. The van der Waals surface area contributed by atoms with Crippen molar-refractivity contribution in [2.45, 2.75) is 39.7 Å². The summed E-state index contributed by atoms with van der Waals surface area (Å²) in [5, 5.41) is 3.27. The molecule has 1 N–H and O–H groups in total. The van der Waals surface area contributed by atoms with E-state index in [4.69, 9.17) is 9.47 Å². The molecule has 5 heteroatoms. The number of benzene rings is 1. The fraction of sp³-hybridized carbons (Fsp3) is 0.412. The van der Waals surface area contributed by atoms with E-state index in [1.807, 2.05) is 31.3 Å². The van der Waals surface area contributed by atoms with Crippen LogP contribution in [0.25, 0.3) is 0 Å². The highest BCUT2D eigenvalue weighted by atomic mass is 16.7. The summed E-state index contributed by atoms with van der Waals surface area (Å²) in [5.41, 5.74) is 4.00. The third-order valence-corrected chi connectivity index (χ3v) is 3.57. The molecule has 2 heterocycles. The first kappa shape index (κ1) is 14.8. The molecule has 0 spiro atoms. The van der Waals surface area contributed by atoms with Crippen molar-refractivity contribution in [1.82, 2.24) is 9.97 Å². The summed E-state index contributed by atoms with van der Waals surface area (Å²) in [5.74, 6) is 1.40. The average Bonchev–Trinajstić information content (AvgIpc) is 2.48. The van der Waals surface area contributed by atoms with E-state index in [0.717, 1.165) is 28.3 Å². The first-order chi connectivity index (χ1) is 10.4. The molecular weight excluding hydrogens is 278 g/mol. The zero-order valence-electron chi connectivity index (χ0n) is 13.4. The van der Waals surface area contributed by atoms with Gasteiger partial charge in [0.15, 0.2) is 12.5 Å². The van der Waals surface area contributed by atoms with Crippen LogP contribution in [-0.4, -0.2) is 16.8 Å². The van der Waals surface area contributed by atoms with Gasteiger partial charge in [0.1, 0.15) is 0 Å². The molecule has 1 aliphatic heterocycles. The fourth-order valence-corrected chi connectivity index (χ4v) is 2.60. The maximum atomic E-state index is 5.61. The van der Waals surface area contributed by atoms with Crippen LogP contribution in [0.1, 0.15) is 37.6 Å². The average molecular weight is 299 g/mol. The van der Waals surface area contributed by atoms with Crippen LogP contribution in [0.5, 0.6) is 5.75 Å². The van der Waals surface area contributed by atoms with Crippen LogP contribution in [0.15, 0.2) is 24.4 Å². The van der Waals surface area contributed by atoms with Crippen molar-refractivity contribution in [1.29, 1.82) is 0 Å². The Labute approximate surface area is 130 Å². The lowest BCUT2D eigenvalue weighted by molar-refractivity contribution is -0.0158. The largest absolute Gasteiger partial charge is 0.465 e. The minimum atomic E-state index is -0.0239. The number of aromatic nitrogens is 2. The molecular formula is C17H21N3O2. The van der Waals surface area contributed by atoms with Crippen LogP contribution in [0.2, 0.25) is 0 Å². The molecule has 0 saturated heterocycles. The minimum absolute atomic E-state index is 0.0239. The SMILES string of the molecule is Cc1cnc(Nc2cccc3c2OCOC3)nc1C(C)(C)C. The Kier molecular flexibility index (Phi) is 3.74. The van der Waals surface area contributed by atoms with Crippen molar-refractivity contribution < 1.29 is 9.47 Å².